The molecule has 110 valence electrons. The first kappa shape index (κ1) is 16.4. The lowest BCUT2D eigenvalue weighted by Crippen LogP contribution is -2.35. The first-order valence-corrected chi connectivity index (χ1v) is 7.65. The lowest BCUT2D eigenvalue weighted by molar-refractivity contribution is 0.370. The van der Waals surface area contributed by atoms with Crippen LogP contribution in [0.15, 0.2) is 23.1 Å². The molecule has 7 heteroatoms. The van der Waals surface area contributed by atoms with Crippen LogP contribution in [0.1, 0.15) is 20.3 Å². The number of halogens is 1. The molecule has 1 rings (SSSR count). The van der Waals surface area contributed by atoms with Crippen molar-refractivity contribution in [2.24, 2.45) is 5.92 Å². The molecule has 20 heavy (non-hydrogen) atoms. The summed E-state index contributed by atoms with van der Waals surface area (Å²) in [7, 11) is -3.96. The molecule has 0 amide bonds. The summed E-state index contributed by atoms with van der Waals surface area (Å²) in [5, 5.41) is 8.61. The summed E-state index contributed by atoms with van der Waals surface area (Å²) in [5.74, 6) is -0.809. The number of nitrogen functional groups attached to an aromatic ring is 1. The molecule has 0 fully saturated rings. The van der Waals surface area contributed by atoms with Crippen LogP contribution in [0.4, 0.5) is 10.1 Å². The van der Waals surface area contributed by atoms with Gasteiger partial charge in [0.05, 0.1) is 6.07 Å². The van der Waals surface area contributed by atoms with Gasteiger partial charge in [0, 0.05) is 25.2 Å². The lowest BCUT2D eigenvalue weighted by atomic mass is 10.2. The van der Waals surface area contributed by atoms with Crippen molar-refractivity contribution in [3.8, 4) is 6.07 Å². The van der Waals surface area contributed by atoms with Crippen LogP contribution in [-0.2, 0) is 10.0 Å². The normalized spacial score (nSPS) is 11.8. The fraction of sp³-hybridized carbons (Fsp3) is 0.462. The summed E-state index contributed by atoms with van der Waals surface area (Å²) in [6, 6.07) is 5.37. The van der Waals surface area contributed by atoms with Gasteiger partial charge in [-0.2, -0.15) is 9.57 Å². The maximum Gasteiger partial charge on any atom is 0.246 e. The smallest absolute Gasteiger partial charge is 0.246 e. The molecule has 0 unspecified atom stereocenters. The first-order chi connectivity index (χ1) is 9.28. The highest BCUT2D eigenvalue weighted by Crippen LogP contribution is 2.22. The topological polar surface area (TPSA) is 87.2 Å². The molecule has 1 aromatic carbocycles. The van der Waals surface area contributed by atoms with Crippen LogP contribution >= 0.6 is 0 Å². The highest BCUT2D eigenvalue weighted by Gasteiger charge is 2.27. The maximum absolute atomic E-state index is 13.8. The van der Waals surface area contributed by atoms with E-state index in [-0.39, 0.29) is 31.1 Å². The lowest BCUT2D eigenvalue weighted by Gasteiger charge is -2.23. The van der Waals surface area contributed by atoms with Crippen molar-refractivity contribution in [2.75, 3.05) is 18.8 Å². The van der Waals surface area contributed by atoms with Gasteiger partial charge < -0.3 is 5.73 Å². The molecule has 0 aliphatic rings. The Labute approximate surface area is 118 Å². The Morgan fingerprint density at radius 1 is 1.45 bits per heavy atom. The average molecular weight is 299 g/mol. The predicted octanol–water partition coefficient (Wildman–Crippen LogP) is 1.97. The fourth-order valence-corrected chi connectivity index (χ4v) is 3.41. The zero-order valence-corrected chi connectivity index (χ0v) is 12.3. The molecule has 0 bridgehead atoms. The van der Waals surface area contributed by atoms with Crippen molar-refractivity contribution in [1.29, 1.82) is 5.26 Å². The molecule has 0 aliphatic carbocycles. The van der Waals surface area contributed by atoms with Gasteiger partial charge in [0.1, 0.15) is 10.7 Å². The van der Waals surface area contributed by atoms with Crippen molar-refractivity contribution in [3.63, 3.8) is 0 Å². The fourth-order valence-electron chi connectivity index (χ4n) is 1.76. The minimum atomic E-state index is -3.96. The monoisotopic (exact) mass is 299 g/mol. The SMILES string of the molecule is CC(C)CN(CCC#N)S(=O)(=O)c1ccc(N)cc1F. The zero-order chi connectivity index (χ0) is 15.3. The molecule has 0 aromatic heterocycles. The number of benzene rings is 1. The van der Waals surface area contributed by atoms with Crippen LogP contribution in [0.5, 0.6) is 0 Å². The molecule has 0 aliphatic heterocycles. The van der Waals surface area contributed by atoms with E-state index in [4.69, 9.17) is 11.0 Å². The van der Waals surface area contributed by atoms with Gasteiger partial charge in [-0.25, -0.2) is 12.8 Å². The predicted molar refractivity (Wildman–Crippen MR) is 74.6 cm³/mol. The van der Waals surface area contributed by atoms with Gasteiger partial charge in [0.2, 0.25) is 10.0 Å². The minimum absolute atomic E-state index is 0.0425. The van der Waals surface area contributed by atoms with E-state index in [1.807, 2.05) is 19.9 Å². The molecule has 0 radical (unpaired) electrons. The second-order valence-electron chi connectivity index (χ2n) is 4.85. The van der Waals surface area contributed by atoms with E-state index in [2.05, 4.69) is 0 Å². The van der Waals surface area contributed by atoms with Crippen molar-refractivity contribution in [3.05, 3.63) is 24.0 Å². The van der Waals surface area contributed by atoms with Gasteiger partial charge in [-0.3, -0.25) is 0 Å². The summed E-state index contributed by atoms with van der Waals surface area (Å²) in [4.78, 5) is -0.412. The molecule has 0 saturated heterocycles. The average Bonchev–Trinajstić information content (AvgIpc) is 2.33. The van der Waals surface area contributed by atoms with Gasteiger partial charge in [-0.1, -0.05) is 13.8 Å². The molecule has 0 spiro atoms. The van der Waals surface area contributed by atoms with Crippen molar-refractivity contribution in [2.45, 2.75) is 25.2 Å². The van der Waals surface area contributed by atoms with Crippen LogP contribution < -0.4 is 5.73 Å². The minimum Gasteiger partial charge on any atom is -0.399 e. The Bertz CT molecular complexity index is 609. The Morgan fingerprint density at radius 3 is 2.60 bits per heavy atom. The number of nitriles is 1. The Hall–Kier alpha value is -1.65. The highest BCUT2D eigenvalue weighted by atomic mass is 32.2. The molecule has 0 saturated carbocycles. The number of nitrogens with zero attached hydrogens (tertiary/aromatic N) is 2. The van der Waals surface area contributed by atoms with Crippen molar-refractivity contribution < 1.29 is 12.8 Å². The first-order valence-electron chi connectivity index (χ1n) is 6.21. The molecular weight excluding hydrogens is 281 g/mol. The Kier molecular flexibility index (Phi) is 5.48. The van der Waals surface area contributed by atoms with Crippen LogP contribution in [0.25, 0.3) is 0 Å². The number of anilines is 1. The van der Waals surface area contributed by atoms with Crippen LogP contribution in [0, 0.1) is 23.1 Å². The second-order valence-corrected chi connectivity index (χ2v) is 6.76. The van der Waals surface area contributed by atoms with Gasteiger partial charge in [-0.05, 0) is 24.1 Å². The number of hydrogen-bond acceptors (Lipinski definition) is 4. The van der Waals surface area contributed by atoms with Gasteiger partial charge >= 0.3 is 0 Å². The number of sulfonamides is 1. The summed E-state index contributed by atoms with van der Waals surface area (Å²) in [6.07, 6.45) is 0.0581. The zero-order valence-electron chi connectivity index (χ0n) is 11.5. The largest absolute Gasteiger partial charge is 0.399 e. The Morgan fingerprint density at radius 2 is 2.10 bits per heavy atom. The highest BCUT2D eigenvalue weighted by molar-refractivity contribution is 7.89. The maximum atomic E-state index is 13.8. The summed E-state index contributed by atoms with van der Waals surface area (Å²) in [5.41, 5.74) is 5.58. The van der Waals surface area contributed by atoms with Crippen molar-refractivity contribution in [1.82, 2.24) is 4.31 Å². The second kappa shape index (κ2) is 6.68. The third kappa shape index (κ3) is 3.92. The van der Waals surface area contributed by atoms with E-state index >= 15 is 0 Å². The van der Waals surface area contributed by atoms with Gasteiger partial charge in [0.25, 0.3) is 0 Å². The number of rotatable bonds is 6. The van der Waals surface area contributed by atoms with Crippen LogP contribution in [0.3, 0.4) is 0 Å². The van der Waals surface area contributed by atoms with Crippen LogP contribution in [-0.4, -0.2) is 25.8 Å². The Balaban J connectivity index is 3.18. The van der Waals surface area contributed by atoms with E-state index in [9.17, 15) is 12.8 Å². The summed E-state index contributed by atoms with van der Waals surface area (Å²) < 4.78 is 39.8. The van der Waals surface area contributed by atoms with Gasteiger partial charge in [-0.15, -0.1) is 0 Å². The van der Waals surface area contributed by atoms with E-state index in [1.54, 1.807) is 0 Å². The van der Waals surface area contributed by atoms with Gasteiger partial charge in [0.15, 0.2) is 0 Å². The molecule has 0 atom stereocenters. The molecule has 0 heterocycles. The van der Waals surface area contributed by atoms with E-state index < -0.39 is 20.7 Å². The van der Waals surface area contributed by atoms with Crippen LogP contribution in [0.2, 0.25) is 0 Å². The molecule has 1 aromatic rings. The standard InChI is InChI=1S/C13H18FN3O2S/c1-10(2)9-17(7-3-6-15)20(18,19)13-5-4-11(16)8-12(13)14/h4-5,8,10H,3,7,9,16H2,1-2H3. The van der Waals surface area contributed by atoms with Crippen molar-refractivity contribution >= 4 is 15.7 Å². The summed E-state index contributed by atoms with van der Waals surface area (Å²) >= 11 is 0. The molecular formula is C13H18FN3O2S. The molecule has 2 N–H and O–H groups in total. The van der Waals surface area contributed by atoms with E-state index in [0.717, 1.165) is 16.4 Å². The molecule has 5 nitrogen and oxygen atoms in total. The third-order valence-corrected chi connectivity index (χ3v) is 4.51. The summed E-state index contributed by atoms with van der Waals surface area (Å²) in [6.45, 7) is 3.98. The number of hydrogen-bond donors (Lipinski definition) is 1. The number of nitrogens with two attached hydrogens (primary N) is 1. The van der Waals surface area contributed by atoms with E-state index in [1.165, 1.54) is 6.07 Å². The third-order valence-electron chi connectivity index (χ3n) is 2.62. The van der Waals surface area contributed by atoms with E-state index in [0.29, 0.717) is 0 Å². The quantitative estimate of drug-likeness (QED) is 0.813.